The minimum atomic E-state index is -0.182. The maximum Gasteiger partial charge on any atom is 0.125 e. The van der Waals surface area contributed by atoms with Crippen LogP contribution in [0.3, 0.4) is 0 Å². The van der Waals surface area contributed by atoms with Crippen molar-refractivity contribution in [2.24, 2.45) is 0 Å². The van der Waals surface area contributed by atoms with E-state index in [1.54, 1.807) is 12.3 Å². The Kier molecular flexibility index (Phi) is 2.78. The first-order valence-electron chi connectivity index (χ1n) is 6.30. The van der Waals surface area contributed by atoms with Crippen LogP contribution in [0.2, 0.25) is 0 Å². The maximum atomic E-state index is 13.5. The molecule has 18 heavy (non-hydrogen) atoms. The maximum absolute atomic E-state index is 13.5. The van der Waals surface area contributed by atoms with E-state index in [1.165, 1.54) is 18.9 Å². The van der Waals surface area contributed by atoms with E-state index in [9.17, 15) is 4.39 Å². The Bertz CT molecular complexity index is 556. The molecule has 1 aliphatic rings. The smallest absolute Gasteiger partial charge is 0.125 e. The van der Waals surface area contributed by atoms with E-state index in [-0.39, 0.29) is 5.82 Å². The van der Waals surface area contributed by atoms with Gasteiger partial charge in [-0.2, -0.15) is 0 Å². The quantitative estimate of drug-likeness (QED) is 0.811. The van der Waals surface area contributed by atoms with Crippen molar-refractivity contribution in [2.45, 2.75) is 19.8 Å². The third kappa shape index (κ3) is 1.88. The lowest BCUT2D eigenvalue weighted by Crippen LogP contribution is -2.20. The number of benzene rings is 1. The molecular formula is C14H16FN3. The number of halogens is 1. The standard InChI is InChI=1S/C14H16FN3/c1-11-16-6-9-18(11)13-5-4-12(15)10-14(13)17-7-2-3-8-17/h4-6,9-10H,2-3,7-8H2,1H3. The van der Waals surface area contributed by atoms with Gasteiger partial charge in [0.15, 0.2) is 0 Å². The average Bonchev–Trinajstić information content (AvgIpc) is 3.00. The van der Waals surface area contributed by atoms with Crippen LogP contribution in [-0.4, -0.2) is 22.6 Å². The minimum absolute atomic E-state index is 0.182. The van der Waals surface area contributed by atoms with Crippen molar-refractivity contribution in [3.8, 4) is 5.69 Å². The van der Waals surface area contributed by atoms with Gasteiger partial charge in [-0.1, -0.05) is 0 Å². The highest BCUT2D eigenvalue weighted by molar-refractivity contribution is 5.63. The second-order valence-electron chi connectivity index (χ2n) is 4.67. The summed E-state index contributed by atoms with van der Waals surface area (Å²) >= 11 is 0. The zero-order chi connectivity index (χ0) is 12.5. The van der Waals surface area contributed by atoms with Crippen molar-refractivity contribution >= 4 is 5.69 Å². The molecule has 4 heteroatoms. The zero-order valence-electron chi connectivity index (χ0n) is 10.4. The monoisotopic (exact) mass is 245 g/mol. The minimum Gasteiger partial charge on any atom is -0.370 e. The van der Waals surface area contributed by atoms with Crippen LogP contribution in [0.4, 0.5) is 10.1 Å². The molecule has 0 aliphatic carbocycles. The van der Waals surface area contributed by atoms with Gasteiger partial charge in [0.25, 0.3) is 0 Å². The molecule has 0 atom stereocenters. The molecule has 1 aromatic carbocycles. The fraction of sp³-hybridized carbons (Fsp3) is 0.357. The van der Waals surface area contributed by atoms with E-state index in [1.807, 2.05) is 23.8 Å². The summed E-state index contributed by atoms with van der Waals surface area (Å²) in [6.07, 6.45) is 6.05. The van der Waals surface area contributed by atoms with Crippen LogP contribution in [0.25, 0.3) is 5.69 Å². The zero-order valence-corrected chi connectivity index (χ0v) is 10.4. The summed E-state index contributed by atoms with van der Waals surface area (Å²) in [6, 6.07) is 4.96. The first kappa shape index (κ1) is 11.3. The predicted octanol–water partition coefficient (Wildman–Crippen LogP) is 2.92. The Morgan fingerprint density at radius 3 is 2.61 bits per heavy atom. The van der Waals surface area contributed by atoms with Gasteiger partial charge < -0.3 is 9.47 Å². The molecule has 0 N–H and O–H groups in total. The van der Waals surface area contributed by atoms with Crippen molar-refractivity contribution in [1.82, 2.24) is 9.55 Å². The number of imidazole rings is 1. The van der Waals surface area contributed by atoms with Crippen molar-refractivity contribution in [3.63, 3.8) is 0 Å². The van der Waals surface area contributed by atoms with Gasteiger partial charge in [-0.15, -0.1) is 0 Å². The number of nitrogens with zero attached hydrogens (tertiary/aromatic N) is 3. The van der Waals surface area contributed by atoms with E-state index in [4.69, 9.17) is 0 Å². The van der Waals surface area contributed by atoms with E-state index >= 15 is 0 Å². The fourth-order valence-corrected chi connectivity index (χ4v) is 2.54. The molecule has 0 saturated carbocycles. The SMILES string of the molecule is Cc1nccn1-c1ccc(F)cc1N1CCCC1. The highest BCUT2D eigenvalue weighted by Gasteiger charge is 2.17. The van der Waals surface area contributed by atoms with Crippen molar-refractivity contribution in [1.29, 1.82) is 0 Å². The lowest BCUT2D eigenvalue weighted by Gasteiger charge is -2.22. The fourth-order valence-electron chi connectivity index (χ4n) is 2.54. The highest BCUT2D eigenvalue weighted by Crippen LogP contribution is 2.29. The largest absolute Gasteiger partial charge is 0.370 e. The second-order valence-corrected chi connectivity index (χ2v) is 4.67. The van der Waals surface area contributed by atoms with Crippen LogP contribution >= 0.6 is 0 Å². The summed E-state index contributed by atoms with van der Waals surface area (Å²) < 4.78 is 15.5. The Morgan fingerprint density at radius 2 is 1.94 bits per heavy atom. The number of hydrogen-bond donors (Lipinski definition) is 0. The molecule has 3 nitrogen and oxygen atoms in total. The number of anilines is 1. The summed E-state index contributed by atoms with van der Waals surface area (Å²) in [6.45, 7) is 3.96. The average molecular weight is 245 g/mol. The molecule has 0 unspecified atom stereocenters. The molecule has 3 rings (SSSR count). The van der Waals surface area contributed by atoms with Gasteiger partial charge in [-0.05, 0) is 38.0 Å². The van der Waals surface area contributed by atoms with Crippen LogP contribution in [0.5, 0.6) is 0 Å². The normalized spacial score (nSPS) is 15.3. The molecule has 0 amide bonds. The third-order valence-electron chi connectivity index (χ3n) is 3.47. The molecule has 2 aromatic rings. The molecule has 1 saturated heterocycles. The topological polar surface area (TPSA) is 21.1 Å². The van der Waals surface area contributed by atoms with Gasteiger partial charge in [-0.25, -0.2) is 9.37 Å². The second kappa shape index (κ2) is 4.44. The van der Waals surface area contributed by atoms with Gasteiger partial charge in [0.05, 0.1) is 11.4 Å². The summed E-state index contributed by atoms with van der Waals surface area (Å²) in [7, 11) is 0. The van der Waals surface area contributed by atoms with E-state index in [2.05, 4.69) is 9.88 Å². The van der Waals surface area contributed by atoms with Gasteiger partial charge in [-0.3, -0.25) is 0 Å². The molecule has 1 aromatic heterocycles. The van der Waals surface area contributed by atoms with Crippen LogP contribution < -0.4 is 4.90 Å². The van der Waals surface area contributed by atoms with Crippen LogP contribution in [0.1, 0.15) is 18.7 Å². The van der Waals surface area contributed by atoms with E-state index < -0.39 is 0 Å². The van der Waals surface area contributed by atoms with Crippen molar-refractivity contribution < 1.29 is 4.39 Å². The Labute approximate surface area is 106 Å². The summed E-state index contributed by atoms with van der Waals surface area (Å²) in [5.74, 6) is 0.737. The summed E-state index contributed by atoms with van der Waals surface area (Å²) in [5.41, 5.74) is 1.97. The van der Waals surface area contributed by atoms with E-state index in [0.717, 1.165) is 30.3 Å². The van der Waals surface area contributed by atoms with Gasteiger partial charge >= 0.3 is 0 Å². The molecule has 1 fully saturated rings. The molecule has 1 aliphatic heterocycles. The first-order chi connectivity index (χ1) is 8.75. The van der Waals surface area contributed by atoms with Crippen LogP contribution in [0.15, 0.2) is 30.6 Å². The molecule has 94 valence electrons. The predicted molar refractivity (Wildman–Crippen MR) is 69.7 cm³/mol. The molecule has 0 bridgehead atoms. The lowest BCUT2D eigenvalue weighted by molar-refractivity contribution is 0.626. The lowest BCUT2D eigenvalue weighted by atomic mass is 10.2. The number of aryl methyl sites for hydroxylation is 1. The Morgan fingerprint density at radius 1 is 1.17 bits per heavy atom. The molecule has 2 heterocycles. The summed E-state index contributed by atoms with van der Waals surface area (Å²) in [4.78, 5) is 6.48. The van der Waals surface area contributed by atoms with Crippen LogP contribution in [0, 0.1) is 12.7 Å². The van der Waals surface area contributed by atoms with Crippen molar-refractivity contribution in [3.05, 3.63) is 42.2 Å². The number of hydrogen-bond acceptors (Lipinski definition) is 2. The summed E-state index contributed by atoms with van der Waals surface area (Å²) in [5, 5.41) is 0. The Balaban J connectivity index is 2.11. The molecule has 0 radical (unpaired) electrons. The van der Waals surface area contributed by atoms with Crippen LogP contribution in [-0.2, 0) is 0 Å². The Hall–Kier alpha value is -1.84. The van der Waals surface area contributed by atoms with Gasteiger partial charge in [0.2, 0.25) is 0 Å². The first-order valence-corrected chi connectivity index (χ1v) is 6.30. The molecule has 0 spiro atoms. The number of rotatable bonds is 2. The third-order valence-corrected chi connectivity index (χ3v) is 3.47. The van der Waals surface area contributed by atoms with E-state index in [0.29, 0.717) is 0 Å². The van der Waals surface area contributed by atoms with Gasteiger partial charge in [0, 0.05) is 25.5 Å². The molecular weight excluding hydrogens is 229 g/mol. The van der Waals surface area contributed by atoms with Gasteiger partial charge in [0.1, 0.15) is 11.6 Å². The van der Waals surface area contributed by atoms with Crippen molar-refractivity contribution in [2.75, 3.05) is 18.0 Å². The highest BCUT2D eigenvalue weighted by atomic mass is 19.1. The number of aromatic nitrogens is 2.